The molecule has 0 aliphatic rings. The van der Waals surface area contributed by atoms with E-state index in [1.54, 1.807) is 146 Å². The minimum absolute atomic E-state index is 0. The maximum Gasteiger partial charge on any atom is 3.00 e. The molecule has 8 aromatic carbocycles. The first kappa shape index (κ1) is 76.5. The number of carboxylic acid groups (broad SMARTS) is 8. The number of hydrogen-bond acceptors (Lipinski definition) is 16. The standard InChI is InChI=1S/8C7H6O2.2Ho.2Na/c8*8-7(9)6-4-2-1-3-5-6;;;;/h8*1-5H,(H,8,9);;;;/q;;;;;;;;2*+3;2*+1/p-8. The molecule has 76 heavy (non-hydrogen) atoms. The van der Waals surface area contributed by atoms with Crippen LogP contribution in [0.4, 0.5) is 0 Å². The van der Waals surface area contributed by atoms with Gasteiger partial charge >= 0.3 is 135 Å². The third-order valence-corrected chi connectivity index (χ3v) is 8.08. The number of benzene rings is 8. The van der Waals surface area contributed by atoms with Crippen LogP contribution >= 0.6 is 0 Å². The molecule has 0 saturated carbocycles. The van der Waals surface area contributed by atoms with Crippen molar-refractivity contribution in [1.29, 1.82) is 0 Å². The van der Waals surface area contributed by atoms with Crippen LogP contribution in [0.5, 0.6) is 0 Å². The second-order valence-corrected chi connectivity index (χ2v) is 13.2. The number of hydrogen-bond donors (Lipinski definition) is 0. The van der Waals surface area contributed by atoms with Crippen LogP contribution in [0.25, 0.3) is 0 Å². The molecule has 0 bridgehead atoms. The van der Waals surface area contributed by atoms with Crippen molar-refractivity contribution in [1.82, 2.24) is 0 Å². The first-order valence-corrected chi connectivity index (χ1v) is 20.6. The predicted octanol–water partition coefficient (Wildman–Crippen LogP) is -5.59. The van der Waals surface area contributed by atoms with Gasteiger partial charge < -0.3 is 79.2 Å². The SMILES string of the molecule is O=C([O-])c1ccccc1.O=C([O-])c1ccccc1.O=C([O-])c1ccccc1.O=C([O-])c1ccccc1.O=C([O-])c1ccccc1.O=C([O-])c1ccccc1.O=C([O-])c1ccccc1.O=C([O-])c1ccccc1.[Ho+3].[Ho+3].[Na+].[Na+]. The maximum absolute atomic E-state index is 10.1. The molecule has 0 N–H and O–H groups in total. The summed E-state index contributed by atoms with van der Waals surface area (Å²) in [6.07, 6.45) is 0. The average molecular weight is 1340 g/mol. The summed E-state index contributed by atoms with van der Waals surface area (Å²) in [5, 5.41) is 80.7. The molecule has 0 aliphatic heterocycles. The molecule has 0 amide bonds. The Bertz CT molecular complexity index is 2250. The van der Waals surface area contributed by atoms with Gasteiger partial charge in [0.05, 0.1) is 47.8 Å². The molecule has 8 rings (SSSR count). The normalized spacial score (nSPS) is 8.42. The molecule has 0 aromatic heterocycles. The van der Waals surface area contributed by atoms with E-state index in [0.717, 1.165) is 0 Å². The van der Waals surface area contributed by atoms with Gasteiger partial charge in [0.1, 0.15) is 0 Å². The molecule has 0 aliphatic carbocycles. The summed E-state index contributed by atoms with van der Waals surface area (Å²) in [6.45, 7) is 0. The molecule has 384 valence electrons. The quantitative estimate of drug-likeness (QED) is 0.128. The van der Waals surface area contributed by atoms with Gasteiger partial charge in [-0.15, -0.1) is 0 Å². The minimum atomic E-state index is -1.13. The van der Waals surface area contributed by atoms with Crippen molar-refractivity contribution in [3.8, 4) is 0 Å². The molecule has 0 radical (unpaired) electrons. The summed E-state index contributed by atoms with van der Waals surface area (Å²) < 4.78 is 0. The van der Waals surface area contributed by atoms with Crippen LogP contribution in [0.15, 0.2) is 243 Å². The number of rotatable bonds is 8. The third-order valence-electron chi connectivity index (χ3n) is 8.08. The van der Waals surface area contributed by atoms with E-state index in [1.165, 1.54) is 97.1 Å². The Hall–Kier alpha value is -5.96. The van der Waals surface area contributed by atoms with Gasteiger partial charge in [0.25, 0.3) is 0 Å². The second kappa shape index (κ2) is 47.5. The Balaban J connectivity index is -0.000000387. The van der Waals surface area contributed by atoms with Gasteiger partial charge in [-0.05, 0) is 44.5 Å². The van der Waals surface area contributed by atoms with Gasteiger partial charge in [-0.2, -0.15) is 0 Å². The van der Waals surface area contributed by atoms with Crippen molar-refractivity contribution in [2.24, 2.45) is 0 Å². The molecular weight excluding hydrogens is 1300 g/mol. The fourth-order valence-electron chi connectivity index (χ4n) is 4.59. The zero-order valence-corrected chi connectivity index (χ0v) is 48.1. The number of carboxylic acids is 8. The minimum Gasteiger partial charge on any atom is -0.545 e. The van der Waals surface area contributed by atoms with Gasteiger partial charge in [0, 0.05) is 0 Å². The second-order valence-electron chi connectivity index (χ2n) is 13.2. The fraction of sp³-hybridized carbons (Fsp3) is 0. The van der Waals surface area contributed by atoms with Crippen molar-refractivity contribution in [2.45, 2.75) is 0 Å². The zero-order chi connectivity index (χ0) is 53.5. The molecule has 0 heterocycles. The molecule has 8 aromatic rings. The number of carbonyl (C=O) groups is 8. The van der Waals surface area contributed by atoms with Gasteiger partial charge in [-0.3, -0.25) is 0 Å². The van der Waals surface area contributed by atoms with Crippen molar-refractivity contribution in [2.75, 3.05) is 0 Å². The molecule has 0 atom stereocenters. The average Bonchev–Trinajstić information content (AvgIpc) is 3.42. The van der Waals surface area contributed by atoms with Gasteiger partial charge in [-0.1, -0.05) is 243 Å². The van der Waals surface area contributed by atoms with Gasteiger partial charge in [-0.25, -0.2) is 0 Å². The summed E-state index contributed by atoms with van der Waals surface area (Å²) in [6, 6.07) is 64.5. The Morgan fingerprint density at radius 2 is 0.237 bits per heavy atom. The molecular formula is C56H40Ho2Na2O16. The van der Waals surface area contributed by atoms with Crippen molar-refractivity contribution < 1.29 is 214 Å². The van der Waals surface area contributed by atoms with Crippen LogP contribution in [-0.2, 0) is 0 Å². The van der Waals surface area contributed by atoms with E-state index >= 15 is 0 Å². The van der Waals surface area contributed by atoms with E-state index in [4.69, 9.17) is 0 Å². The van der Waals surface area contributed by atoms with Crippen LogP contribution < -0.4 is 100.0 Å². The Labute approximate surface area is 541 Å². The zero-order valence-electron chi connectivity index (χ0n) is 40.2. The molecule has 0 saturated heterocycles. The molecule has 0 unspecified atom stereocenters. The van der Waals surface area contributed by atoms with E-state index in [2.05, 4.69) is 0 Å². The first-order valence-electron chi connectivity index (χ1n) is 20.6. The van der Waals surface area contributed by atoms with Crippen LogP contribution in [0, 0.1) is 75.5 Å². The van der Waals surface area contributed by atoms with Crippen LogP contribution in [0.2, 0.25) is 0 Å². The Morgan fingerprint density at radius 1 is 0.171 bits per heavy atom. The van der Waals surface area contributed by atoms with Crippen molar-refractivity contribution in [3.63, 3.8) is 0 Å². The summed E-state index contributed by atoms with van der Waals surface area (Å²) >= 11 is 0. The van der Waals surface area contributed by atoms with Crippen LogP contribution in [0.1, 0.15) is 82.9 Å². The number of carbonyl (C=O) groups excluding carboxylic acids is 8. The van der Waals surface area contributed by atoms with E-state index < -0.39 is 47.8 Å². The van der Waals surface area contributed by atoms with E-state index in [-0.39, 0.29) is 179 Å². The summed E-state index contributed by atoms with van der Waals surface area (Å²) in [7, 11) is 0. The summed E-state index contributed by atoms with van der Waals surface area (Å²) in [5.41, 5.74) is 1.76. The smallest absolute Gasteiger partial charge is 0.545 e. The van der Waals surface area contributed by atoms with Crippen molar-refractivity contribution >= 4 is 47.8 Å². The molecule has 0 spiro atoms. The maximum atomic E-state index is 10.1. The fourth-order valence-corrected chi connectivity index (χ4v) is 4.59. The monoisotopic (exact) mass is 1340 g/mol. The number of aromatic carboxylic acids is 8. The first-order chi connectivity index (χ1) is 34.4. The van der Waals surface area contributed by atoms with E-state index in [9.17, 15) is 79.2 Å². The van der Waals surface area contributed by atoms with E-state index in [1.807, 2.05) is 0 Å². The van der Waals surface area contributed by atoms with Gasteiger partial charge in [0.15, 0.2) is 0 Å². The predicted molar refractivity (Wildman–Crippen MR) is 246 cm³/mol. The Morgan fingerprint density at radius 3 is 0.276 bits per heavy atom. The third kappa shape index (κ3) is 37.7. The van der Waals surface area contributed by atoms with Crippen LogP contribution in [0.3, 0.4) is 0 Å². The largest absolute Gasteiger partial charge is 3.00 e. The molecule has 0 fully saturated rings. The van der Waals surface area contributed by atoms with E-state index in [0.29, 0.717) is 0 Å². The van der Waals surface area contributed by atoms with Crippen molar-refractivity contribution in [3.05, 3.63) is 287 Å². The molecule has 20 heteroatoms. The van der Waals surface area contributed by atoms with Crippen LogP contribution in [-0.4, -0.2) is 47.8 Å². The summed E-state index contributed by atoms with van der Waals surface area (Å²) in [5.74, 6) is -9.03. The topological polar surface area (TPSA) is 321 Å². The van der Waals surface area contributed by atoms with Gasteiger partial charge in [0.2, 0.25) is 0 Å². The molecule has 16 nitrogen and oxygen atoms in total. The Kier molecular flexibility index (Phi) is 47.8. The summed E-state index contributed by atoms with van der Waals surface area (Å²) in [4.78, 5) is 80.7.